The molecule has 1 unspecified atom stereocenters. The lowest BCUT2D eigenvalue weighted by molar-refractivity contribution is 0.239. The highest BCUT2D eigenvalue weighted by Gasteiger charge is 2.23. The molecule has 1 aromatic carbocycles. The Hall–Kier alpha value is -1.11. The van der Waals surface area contributed by atoms with Crippen LogP contribution in [0.2, 0.25) is 0 Å². The van der Waals surface area contributed by atoms with Crippen LogP contribution in [0.1, 0.15) is 11.0 Å². The standard InChI is InChI=1S/C8H11NO4S/c1-9-7-5-3-2-4-6(7)8(10)14(11,12)13/h2-5,8-10H,1H3,(H,11,12,13). The third kappa shape index (κ3) is 2.22. The number of anilines is 1. The molecule has 0 aliphatic carbocycles. The number of nitrogens with one attached hydrogen (secondary N) is 1. The molecule has 0 amide bonds. The molecule has 0 bridgehead atoms. The maximum atomic E-state index is 10.7. The molecule has 6 heteroatoms. The first kappa shape index (κ1) is 11.0. The number of para-hydroxylation sites is 1. The Bertz CT molecular complexity index is 415. The number of hydrogen-bond donors (Lipinski definition) is 3. The minimum atomic E-state index is -4.47. The first-order chi connectivity index (χ1) is 6.46. The summed E-state index contributed by atoms with van der Waals surface area (Å²) in [7, 11) is -2.88. The van der Waals surface area contributed by atoms with Gasteiger partial charge >= 0.3 is 0 Å². The molecule has 3 N–H and O–H groups in total. The van der Waals surface area contributed by atoms with E-state index < -0.39 is 15.6 Å². The van der Waals surface area contributed by atoms with Crippen LogP contribution >= 0.6 is 0 Å². The monoisotopic (exact) mass is 217 g/mol. The molecule has 0 aromatic heterocycles. The van der Waals surface area contributed by atoms with Crippen molar-refractivity contribution < 1.29 is 18.1 Å². The van der Waals surface area contributed by atoms with Crippen LogP contribution in [0, 0.1) is 0 Å². The molecule has 0 fully saturated rings. The molecule has 1 rings (SSSR count). The Balaban J connectivity index is 3.19. The van der Waals surface area contributed by atoms with Gasteiger partial charge in [-0.05, 0) is 6.07 Å². The first-order valence-corrected chi connectivity index (χ1v) is 5.38. The van der Waals surface area contributed by atoms with Gasteiger partial charge in [-0.25, -0.2) is 0 Å². The Morgan fingerprint density at radius 3 is 2.43 bits per heavy atom. The zero-order valence-electron chi connectivity index (χ0n) is 7.51. The molecule has 0 radical (unpaired) electrons. The quantitative estimate of drug-likeness (QED) is 0.646. The van der Waals surface area contributed by atoms with Crippen LogP contribution in [0.5, 0.6) is 0 Å². The minimum Gasteiger partial charge on any atom is -0.388 e. The van der Waals surface area contributed by atoms with Crippen LogP contribution in [0.15, 0.2) is 24.3 Å². The summed E-state index contributed by atoms with van der Waals surface area (Å²) in [6.45, 7) is 0. The average Bonchev–Trinajstić information content (AvgIpc) is 2.15. The van der Waals surface area contributed by atoms with Gasteiger partial charge < -0.3 is 10.4 Å². The van der Waals surface area contributed by atoms with Gasteiger partial charge in [0.2, 0.25) is 5.44 Å². The molecule has 0 aliphatic rings. The zero-order chi connectivity index (χ0) is 10.8. The Labute approximate surface area is 82.1 Å². The van der Waals surface area contributed by atoms with Gasteiger partial charge in [-0.1, -0.05) is 18.2 Å². The summed E-state index contributed by atoms with van der Waals surface area (Å²) in [5.41, 5.74) is -1.33. The highest BCUT2D eigenvalue weighted by Crippen LogP contribution is 2.25. The van der Waals surface area contributed by atoms with Gasteiger partial charge in [-0.3, -0.25) is 4.55 Å². The fraction of sp³-hybridized carbons (Fsp3) is 0.250. The molecular formula is C8H11NO4S. The van der Waals surface area contributed by atoms with Crippen LogP contribution < -0.4 is 5.32 Å². The molecule has 0 aliphatic heterocycles. The van der Waals surface area contributed by atoms with Gasteiger partial charge in [0, 0.05) is 18.3 Å². The summed E-state index contributed by atoms with van der Waals surface area (Å²) in [6, 6.07) is 6.28. The maximum Gasteiger partial charge on any atom is 0.296 e. The Morgan fingerprint density at radius 1 is 1.36 bits per heavy atom. The van der Waals surface area contributed by atoms with E-state index in [1.165, 1.54) is 6.07 Å². The second-order valence-electron chi connectivity index (χ2n) is 2.70. The Kier molecular flexibility index (Phi) is 3.10. The Morgan fingerprint density at radius 2 is 1.93 bits per heavy atom. The van der Waals surface area contributed by atoms with E-state index in [0.717, 1.165) is 0 Å². The molecule has 0 saturated heterocycles. The van der Waals surface area contributed by atoms with Crippen molar-refractivity contribution in [2.45, 2.75) is 5.44 Å². The van der Waals surface area contributed by atoms with Crippen molar-refractivity contribution in [2.24, 2.45) is 0 Å². The molecule has 5 nitrogen and oxygen atoms in total. The number of aliphatic hydroxyl groups excluding tert-OH is 1. The van der Waals surface area contributed by atoms with Crippen molar-refractivity contribution in [1.82, 2.24) is 0 Å². The second kappa shape index (κ2) is 3.95. The lowest BCUT2D eigenvalue weighted by atomic mass is 10.2. The number of benzene rings is 1. The molecule has 0 saturated carbocycles. The number of aliphatic hydroxyl groups is 1. The molecule has 14 heavy (non-hydrogen) atoms. The predicted molar refractivity (Wildman–Crippen MR) is 52.5 cm³/mol. The molecule has 1 atom stereocenters. The van der Waals surface area contributed by atoms with E-state index >= 15 is 0 Å². The number of hydrogen-bond acceptors (Lipinski definition) is 4. The third-order valence-electron chi connectivity index (χ3n) is 1.78. The van der Waals surface area contributed by atoms with Gasteiger partial charge in [0.15, 0.2) is 0 Å². The van der Waals surface area contributed by atoms with Crippen LogP contribution in [0.25, 0.3) is 0 Å². The summed E-state index contributed by atoms with van der Waals surface area (Å²) < 4.78 is 30.0. The van der Waals surface area contributed by atoms with Crippen LogP contribution in [-0.2, 0) is 10.1 Å². The van der Waals surface area contributed by atoms with Crippen molar-refractivity contribution in [1.29, 1.82) is 0 Å². The SMILES string of the molecule is CNc1ccccc1C(O)S(=O)(=O)O. The first-order valence-electron chi connectivity index (χ1n) is 3.88. The highest BCUT2D eigenvalue weighted by atomic mass is 32.2. The topological polar surface area (TPSA) is 86.6 Å². The van der Waals surface area contributed by atoms with Crippen LogP contribution in [0.4, 0.5) is 5.69 Å². The third-order valence-corrected chi connectivity index (χ3v) is 2.60. The van der Waals surface area contributed by atoms with Gasteiger partial charge in [-0.2, -0.15) is 8.42 Å². The fourth-order valence-corrected chi connectivity index (χ4v) is 1.63. The molecule has 1 aromatic rings. The smallest absolute Gasteiger partial charge is 0.296 e. The van der Waals surface area contributed by atoms with Crippen LogP contribution in [0.3, 0.4) is 0 Å². The van der Waals surface area contributed by atoms with E-state index in [1.807, 2.05) is 0 Å². The molecular weight excluding hydrogens is 206 g/mol. The van der Waals surface area contributed by atoms with E-state index in [2.05, 4.69) is 5.32 Å². The lowest BCUT2D eigenvalue weighted by Crippen LogP contribution is -2.12. The fourth-order valence-electron chi connectivity index (χ4n) is 1.10. The van der Waals surface area contributed by atoms with Gasteiger partial charge in [0.25, 0.3) is 10.1 Å². The zero-order valence-corrected chi connectivity index (χ0v) is 8.32. The van der Waals surface area contributed by atoms with Crippen molar-refractivity contribution in [3.8, 4) is 0 Å². The van der Waals surface area contributed by atoms with E-state index in [9.17, 15) is 13.5 Å². The minimum absolute atomic E-state index is 0.123. The van der Waals surface area contributed by atoms with E-state index in [4.69, 9.17) is 4.55 Å². The summed E-state index contributed by atoms with van der Waals surface area (Å²) in [6.07, 6.45) is 0. The molecule has 78 valence electrons. The summed E-state index contributed by atoms with van der Waals surface area (Å²) >= 11 is 0. The van der Waals surface area contributed by atoms with Gasteiger partial charge in [-0.15, -0.1) is 0 Å². The predicted octanol–water partition coefficient (Wildman–Crippen LogP) is 0.607. The van der Waals surface area contributed by atoms with Crippen molar-refractivity contribution in [2.75, 3.05) is 12.4 Å². The summed E-state index contributed by atoms with van der Waals surface area (Å²) in [4.78, 5) is 0. The van der Waals surface area contributed by atoms with E-state index in [1.54, 1.807) is 25.2 Å². The van der Waals surface area contributed by atoms with E-state index in [0.29, 0.717) is 5.69 Å². The molecule has 0 heterocycles. The largest absolute Gasteiger partial charge is 0.388 e. The summed E-state index contributed by atoms with van der Waals surface area (Å²) in [5, 5.41) is 12.0. The van der Waals surface area contributed by atoms with Gasteiger partial charge in [0.1, 0.15) is 0 Å². The van der Waals surface area contributed by atoms with Crippen molar-refractivity contribution in [3.63, 3.8) is 0 Å². The van der Waals surface area contributed by atoms with Crippen molar-refractivity contribution >= 4 is 15.8 Å². The summed E-state index contributed by atoms with van der Waals surface area (Å²) in [5.74, 6) is 0. The van der Waals surface area contributed by atoms with Crippen molar-refractivity contribution in [3.05, 3.63) is 29.8 Å². The normalized spacial score (nSPS) is 13.6. The second-order valence-corrected chi connectivity index (χ2v) is 4.18. The molecule has 0 spiro atoms. The number of rotatable bonds is 3. The van der Waals surface area contributed by atoms with Gasteiger partial charge in [0.05, 0.1) is 0 Å². The highest BCUT2D eigenvalue weighted by molar-refractivity contribution is 7.85. The lowest BCUT2D eigenvalue weighted by Gasteiger charge is -2.12. The van der Waals surface area contributed by atoms with E-state index in [-0.39, 0.29) is 5.56 Å². The van der Waals surface area contributed by atoms with Crippen LogP contribution in [-0.4, -0.2) is 25.1 Å². The maximum absolute atomic E-state index is 10.7. The average molecular weight is 217 g/mol.